The lowest BCUT2D eigenvalue weighted by Gasteiger charge is -2.60. The Balaban J connectivity index is 1.79. The Kier molecular flexibility index (Phi) is 4.36. The highest BCUT2D eigenvalue weighted by molar-refractivity contribution is 6.30. The zero-order valence-corrected chi connectivity index (χ0v) is 13.6. The first-order valence-electron chi connectivity index (χ1n) is 7.99. The van der Waals surface area contributed by atoms with Crippen molar-refractivity contribution in [3.63, 3.8) is 0 Å². The van der Waals surface area contributed by atoms with Crippen molar-refractivity contribution in [2.75, 3.05) is 18.6 Å². The van der Waals surface area contributed by atoms with Crippen LogP contribution in [0.1, 0.15) is 45.4 Å². The molecule has 0 N–H and O–H groups in total. The second-order valence-corrected chi connectivity index (χ2v) is 6.74. The van der Waals surface area contributed by atoms with Crippen LogP contribution in [0.25, 0.3) is 0 Å². The number of nitrogens with zero attached hydrogens (tertiary/aromatic N) is 3. The van der Waals surface area contributed by atoms with E-state index in [1.165, 1.54) is 32.1 Å². The van der Waals surface area contributed by atoms with Crippen LogP contribution in [0.4, 0.5) is 5.95 Å². The first-order chi connectivity index (χ1) is 10.2. The van der Waals surface area contributed by atoms with Crippen LogP contribution in [0, 0.1) is 5.41 Å². The standard InChI is InChI=1S/C16H24ClN3O/c1-3-21-14-9-13(16(14)7-5-4-6-8-16)20(2)15-18-10-12(17)11-19-15/h10-11,13-14H,3-9H2,1-2H3. The fraction of sp³-hybridized carbons (Fsp3) is 0.750. The molecule has 2 unspecified atom stereocenters. The van der Waals surface area contributed by atoms with Crippen molar-refractivity contribution in [2.45, 2.75) is 57.6 Å². The summed E-state index contributed by atoms with van der Waals surface area (Å²) in [5.74, 6) is 0.768. The molecule has 3 rings (SSSR count). The molecule has 5 heteroatoms. The van der Waals surface area contributed by atoms with Gasteiger partial charge in [0.15, 0.2) is 0 Å². The number of rotatable bonds is 4. The summed E-state index contributed by atoms with van der Waals surface area (Å²) in [4.78, 5) is 11.0. The van der Waals surface area contributed by atoms with Crippen molar-refractivity contribution in [1.29, 1.82) is 0 Å². The lowest BCUT2D eigenvalue weighted by molar-refractivity contribution is -0.141. The van der Waals surface area contributed by atoms with E-state index in [-0.39, 0.29) is 0 Å². The number of hydrogen-bond donors (Lipinski definition) is 0. The van der Waals surface area contributed by atoms with Gasteiger partial charge in [0.05, 0.1) is 23.5 Å². The summed E-state index contributed by atoms with van der Waals surface area (Å²) in [7, 11) is 2.10. The van der Waals surface area contributed by atoms with Crippen molar-refractivity contribution in [3.8, 4) is 0 Å². The van der Waals surface area contributed by atoms with E-state index < -0.39 is 0 Å². The smallest absolute Gasteiger partial charge is 0.225 e. The largest absolute Gasteiger partial charge is 0.378 e. The van der Waals surface area contributed by atoms with Gasteiger partial charge in [0.1, 0.15) is 0 Å². The van der Waals surface area contributed by atoms with Gasteiger partial charge in [0.2, 0.25) is 5.95 Å². The van der Waals surface area contributed by atoms with Gasteiger partial charge in [-0.25, -0.2) is 9.97 Å². The maximum atomic E-state index is 6.02. The van der Waals surface area contributed by atoms with Crippen LogP contribution >= 0.6 is 11.6 Å². The first kappa shape index (κ1) is 15.0. The minimum atomic E-state index is 0.298. The van der Waals surface area contributed by atoms with Crippen LogP contribution < -0.4 is 4.90 Å². The number of ether oxygens (including phenoxy) is 1. The SMILES string of the molecule is CCOC1CC(N(C)c2ncc(Cl)cn2)C12CCCCC2. The third kappa shape index (κ3) is 2.64. The topological polar surface area (TPSA) is 38.2 Å². The van der Waals surface area contributed by atoms with Gasteiger partial charge < -0.3 is 9.64 Å². The Morgan fingerprint density at radius 3 is 2.57 bits per heavy atom. The highest BCUT2D eigenvalue weighted by Crippen LogP contribution is 2.55. The second kappa shape index (κ2) is 6.09. The molecule has 1 spiro atoms. The van der Waals surface area contributed by atoms with E-state index in [0.29, 0.717) is 22.6 Å². The summed E-state index contributed by atoms with van der Waals surface area (Å²) >= 11 is 5.89. The van der Waals surface area contributed by atoms with E-state index in [1.807, 2.05) is 0 Å². The molecule has 0 aromatic carbocycles. The molecule has 1 aromatic rings. The van der Waals surface area contributed by atoms with Crippen LogP contribution in [0.2, 0.25) is 5.02 Å². The molecule has 116 valence electrons. The van der Waals surface area contributed by atoms with Crippen molar-refractivity contribution < 1.29 is 4.74 Å². The summed E-state index contributed by atoms with van der Waals surface area (Å²) in [5.41, 5.74) is 0.298. The molecule has 21 heavy (non-hydrogen) atoms. The summed E-state index contributed by atoms with van der Waals surface area (Å²) < 4.78 is 6.02. The summed E-state index contributed by atoms with van der Waals surface area (Å²) in [6, 6.07) is 0.482. The molecule has 2 aliphatic rings. The van der Waals surface area contributed by atoms with Crippen LogP contribution in [0.15, 0.2) is 12.4 Å². The van der Waals surface area contributed by atoms with E-state index in [4.69, 9.17) is 16.3 Å². The van der Waals surface area contributed by atoms with Crippen LogP contribution in [-0.2, 0) is 4.74 Å². The number of hydrogen-bond acceptors (Lipinski definition) is 4. The van der Waals surface area contributed by atoms with Crippen molar-refractivity contribution >= 4 is 17.5 Å². The van der Waals surface area contributed by atoms with E-state index in [1.54, 1.807) is 12.4 Å². The van der Waals surface area contributed by atoms with E-state index in [2.05, 4.69) is 28.8 Å². The zero-order chi connectivity index (χ0) is 14.9. The highest BCUT2D eigenvalue weighted by Gasteiger charge is 2.57. The van der Waals surface area contributed by atoms with Crippen LogP contribution in [0.3, 0.4) is 0 Å². The fourth-order valence-electron chi connectivity index (χ4n) is 4.20. The molecule has 0 saturated heterocycles. The number of aromatic nitrogens is 2. The van der Waals surface area contributed by atoms with E-state index in [9.17, 15) is 0 Å². The monoisotopic (exact) mass is 309 g/mol. The zero-order valence-electron chi connectivity index (χ0n) is 12.9. The fourth-order valence-corrected chi connectivity index (χ4v) is 4.30. The lowest BCUT2D eigenvalue weighted by Crippen LogP contribution is -2.65. The van der Waals surface area contributed by atoms with Gasteiger partial charge in [-0.15, -0.1) is 0 Å². The van der Waals surface area contributed by atoms with Crippen LogP contribution in [0.5, 0.6) is 0 Å². The molecule has 0 aliphatic heterocycles. The quantitative estimate of drug-likeness (QED) is 0.850. The Morgan fingerprint density at radius 2 is 1.95 bits per heavy atom. The Bertz CT molecular complexity index is 473. The molecule has 0 bridgehead atoms. The molecule has 2 fully saturated rings. The molecule has 2 aliphatic carbocycles. The Hall–Kier alpha value is -0.870. The van der Waals surface area contributed by atoms with Crippen molar-refractivity contribution in [3.05, 3.63) is 17.4 Å². The minimum Gasteiger partial charge on any atom is -0.378 e. The summed E-state index contributed by atoms with van der Waals surface area (Å²) in [5, 5.41) is 0.584. The predicted octanol–water partition coefficient (Wildman–Crippen LogP) is 3.69. The average molecular weight is 310 g/mol. The van der Waals surface area contributed by atoms with Gasteiger partial charge in [0, 0.05) is 25.1 Å². The van der Waals surface area contributed by atoms with Crippen LogP contribution in [-0.4, -0.2) is 35.8 Å². The molecule has 2 atom stereocenters. The summed E-state index contributed by atoms with van der Waals surface area (Å²) in [6.45, 7) is 2.90. The van der Waals surface area contributed by atoms with Gasteiger partial charge in [-0.3, -0.25) is 0 Å². The Morgan fingerprint density at radius 1 is 1.29 bits per heavy atom. The number of anilines is 1. The van der Waals surface area contributed by atoms with Crippen molar-refractivity contribution in [1.82, 2.24) is 9.97 Å². The maximum absolute atomic E-state index is 6.02. The van der Waals surface area contributed by atoms with Gasteiger partial charge in [-0.1, -0.05) is 30.9 Å². The third-order valence-corrected chi connectivity index (χ3v) is 5.48. The lowest BCUT2D eigenvalue weighted by atomic mass is 9.54. The molecule has 0 amide bonds. The second-order valence-electron chi connectivity index (χ2n) is 6.30. The molecule has 4 nitrogen and oxygen atoms in total. The van der Waals surface area contributed by atoms with Gasteiger partial charge in [0.25, 0.3) is 0 Å². The van der Waals surface area contributed by atoms with Gasteiger partial charge >= 0.3 is 0 Å². The normalized spacial score (nSPS) is 27.4. The van der Waals surface area contributed by atoms with E-state index >= 15 is 0 Å². The minimum absolute atomic E-state index is 0.298. The number of halogens is 1. The average Bonchev–Trinajstić information content (AvgIpc) is 2.52. The van der Waals surface area contributed by atoms with E-state index in [0.717, 1.165) is 19.0 Å². The first-order valence-corrected chi connectivity index (χ1v) is 8.37. The predicted molar refractivity (Wildman–Crippen MR) is 84.8 cm³/mol. The molecule has 1 heterocycles. The highest BCUT2D eigenvalue weighted by atomic mass is 35.5. The molecule has 1 aromatic heterocycles. The third-order valence-electron chi connectivity index (χ3n) is 5.28. The molecular formula is C16H24ClN3O. The van der Waals surface area contributed by atoms with Gasteiger partial charge in [-0.2, -0.15) is 0 Å². The van der Waals surface area contributed by atoms with Crippen molar-refractivity contribution in [2.24, 2.45) is 5.41 Å². The molecular weight excluding hydrogens is 286 g/mol. The molecule has 2 saturated carbocycles. The maximum Gasteiger partial charge on any atom is 0.225 e. The molecule has 0 radical (unpaired) electrons. The van der Waals surface area contributed by atoms with Gasteiger partial charge in [-0.05, 0) is 26.2 Å². The summed E-state index contributed by atoms with van der Waals surface area (Å²) in [6.07, 6.45) is 11.3. The Labute approximate surface area is 131 Å².